The highest BCUT2D eigenvalue weighted by Gasteiger charge is 2.31. The van der Waals surface area contributed by atoms with Crippen LogP contribution in [0.2, 0.25) is 0 Å². The molecule has 2 aliphatic rings. The normalized spacial score (nSPS) is 26.2. The van der Waals surface area contributed by atoms with Crippen molar-refractivity contribution < 1.29 is 4.79 Å². The van der Waals surface area contributed by atoms with E-state index < -0.39 is 0 Å². The molecule has 0 unspecified atom stereocenters. The molecule has 0 atom stereocenters. The molecule has 1 heterocycles. The SMILES string of the molecule is CC1(NC(=O)C2CCCCCC2)CCNCC1. The van der Waals surface area contributed by atoms with Crippen molar-refractivity contribution in [3.63, 3.8) is 0 Å². The molecule has 1 aliphatic heterocycles. The molecule has 3 nitrogen and oxygen atoms in total. The highest BCUT2D eigenvalue weighted by atomic mass is 16.2. The summed E-state index contributed by atoms with van der Waals surface area (Å²) in [6.45, 7) is 4.26. The molecule has 0 bridgehead atoms. The van der Waals surface area contributed by atoms with E-state index in [0.29, 0.717) is 5.91 Å². The smallest absolute Gasteiger partial charge is 0.223 e. The molecule has 0 spiro atoms. The van der Waals surface area contributed by atoms with Crippen molar-refractivity contribution in [3.05, 3.63) is 0 Å². The van der Waals surface area contributed by atoms with Crippen molar-refractivity contribution in [1.82, 2.24) is 10.6 Å². The van der Waals surface area contributed by atoms with Crippen LogP contribution >= 0.6 is 0 Å². The summed E-state index contributed by atoms with van der Waals surface area (Å²) in [7, 11) is 0. The minimum atomic E-state index is 0.0363. The van der Waals surface area contributed by atoms with Gasteiger partial charge in [0.05, 0.1) is 0 Å². The molecule has 2 fully saturated rings. The predicted octanol–water partition coefficient (Wildman–Crippen LogP) is 2.22. The van der Waals surface area contributed by atoms with Gasteiger partial charge in [-0.25, -0.2) is 0 Å². The third-order valence-corrected chi connectivity index (χ3v) is 4.36. The number of nitrogens with one attached hydrogen (secondary N) is 2. The molecule has 1 saturated carbocycles. The van der Waals surface area contributed by atoms with Crippen LogP contribution in [0, 0.1) is 5.92 Å². The van der Waals surface area contributed by atoms with Crippen molar-refractivity contribution in [2.24, 2.45) is 5.92 Å². The molecule has 17 heavy (non-hydrogen) atoms. The molecule has 3 heteroatoms. The van der Waals surface area contributed by atoms with Crippen LogP contribution in [0.5, 0.6) is 0 Å². The van der Waals surface area contributed by atoms with Gasteiger partial charge >= 0.3 is 0 Å². The summed E-state index contributed by atoms with van der Waals surface area (Å²) in [5.74, 6) is 0.598. The average Bonchev–Trinajstić information content (AvgIpc) is 2.57. The molecule has 1 amide bonds. The number of carbonyl (C=O) groups is 1. The van der Waals surface area contributed by atoms with Crippen LogP contribution in [0.3, 0.4) is 0 Å². The molecule has 1 saturated heterocycles. The van der Waals surface area contributed by atoms with Gasteiger partial charge in [-0.2, -0.15) is 0 Å². The van der Waals surface area contributed by atoms with Gasteiger partial charge in [0.1, 0.15) is 0 Å². The fourth-order valence-corrected chi connectivity index (χ4v) is 3.04. The predicted molar refractivity (Wildman–Crippen MR) is 69.8 cm³/mol. The quantitative estimate of drug-likeness (QED) is 0.724. The fourth-order valence-electron chi connectivity index (χ4n) is 3.04. The van der Waals surface area contributed by atoms with Crippen molar-refractivity contribution in [3.8, 4) is 0 Å². The first-order chi connectivity index (χ1) is 8.20. The fraction of sp³-hybridized carbons (Fsp3) is 0.929. The molecule has 0 aromatic rings. The van der Waals surface area contributed by atoms with Gasteiger partial charge in [-0.3, -0.25) is 4.79 Å². The van der Waals surface area contributed by atoms with Gasteiger partial charge in [0.2, 0.25) is 5.91 Å². The maximum atomic E-state index is 12.3. The number of amides is 1. The minimum Gasteiger partial charge on any atom is -0.351 e. The number of hydrogen-bond donors (Lipinski definition) is 2. The second kappa shape index (κ2) is 5.85. The van der Waals surface area contributed by atoms with Gasteiger partial charge < -0.3 is 10.6 Å². The van der Waals surface area contributed by atoms with Crippen molar-refractivity contribution in [2.45, 2.75) is 63.8 Å². The summed E-state index contributed by atoms with van der Waals surface area (Å²) in [5, 5.41) is 6.67. The van der Waals surface area contributed by atoms with Crippen LogP contribution in [-0.2, 0) is 4.79 Å². The number of carbonyl (C=O) groups excluding carboxylic acids is 1. The summed E-state index contributed by atoms with van der Waals surface area (Å²) in [5.41, 5.74) is 0.0363. The second-order valence-corrected chi connectivity index (χ2v) is 5.99. The molecule has 0 radical (unpaired) electrons. The maximum Gasteiger partial charge on any atom is 0.223 e. The van der Waals surface area contributed by atoms with E-state index in [1.54, 1.807) is 0 Å². The minimum absolute atomic E-state index is 0.0363. The lowest BCUT2D eigenvalue weighted by atomic mass is 9.89. The van der Waals surface area contributed by atoms with Crippen LogP contribution in [-0.4, -0.2) is 24.5 Å². The zero-order chi connectivity index (χ0) is 12.1. The Kier molecular flexibility index (Phi) is 4.43. The molecule has 2 N–H and O–H groups in total. The van der Waals surface area contributed by atoms with E-state index in [4.69, 9.17) is 0 Å². The molecule has 0 aromatic carbocycles. The molecule has 98 valence electrons. The third kappa shape index (κ3) is 3.70. The number of piperidine rings is 1. The van der Waals surface area contributed by atoms with E-state index in [9.17, 15) is 4.79 Å². The Morgan fingerprint density at radius 2 is 1.71 bits per heavy atom. The molecule has 1 aliphatic carbocycles. The topological polar surface area (TPSA) is 41.1 Å². The Morgan fingerprint density at radius 1 is 1.12 bits per heavy atom. The van der Waals surface area contributed by atoms with Crippen LogP contribution in [0.4, 0.5) is 0 Å². The van der Waals surface area contributed by atoms with Gasteiger partial charge in [-0.1, -0.05) is 25.7 Å². The highest BCUT2D eigenvalue weighted by molar-refractivity contribution is 5.79. The Hall–Kier alpha value is -0.570. The van der Waals surface area contributed by atoms with E-state index >= 15 is 0 Å². The summed E-state index contributed by atoms with van der Waals surface area (Å²) < 4.78 is 0. The van der Waals surface area contributed by atoms with Crippen LogP contribution in [0.15, 0.2) is 0 Å². The van der Waals surface area contributed by atoms with Gasteiger partial charge in [-0.05, 0) is 45.7 Å². The standard InChI is InChI=1S/C14H26N2O/c1-14(8-10-15-11-9-14)16-13(17)12-6-4-2-3-5-7-12/h12,15H,2-11H2,1H3,(H,16,17). The largest absolute Gasteiger partial charge is 0.351 e. The van der Waals surface area contributed by atoms with E-state index in [1.807, 2.05) is 0 Å². The lowest BCUT2D eigenvalue weighted by Gasteiger charge is -2.36. The third-order valence-electron chi connectivity index (χ3n) is 4.36. The first kappa shape index (κ1) is 12.9. The Balaban J connectivity index is 1.86. The van der Waals surface area contributed by atoms with Crippen molar-refractivity contribution in [2.75, 3.05) is 13.1 Å². The van der Waals surface area contributed by atoms with Crippen molar-refractivity contribution >= 4 is 5.91 Å². The van der Waals surface area contributed by atoms with Gasteiger partial charge in [0.25, 0.3) is 0 Å². The second-order valence-electron chi connectivity index (χ2n) is 5.99. The summed E-state index contributed by atoms with van der Waals surface area (Å²) in [6, 6.07) is 0. The first-order valence-electron chi connectivity index (χ1n) is 7.22. The first-order valence-corrected chi connectivity index (χ1v) is 7.22. The van der Waals surface area contributed by atoms with E-state index in [2.05, 4.69) is 17.6 Å². The molecule has 2 rings (SSSR count). The molecule has 0 aromatic heterocycles. The average molecular weight is 238 g/mol. The van der Waals surface area contributed by atoms with E-state index in [0.717, 1.165) is 38.8 Å². The number of hydrogen-bond acceptors (Lipinski definition) is 2. The van der Waals surface area contributed by atoms with Gasteiger partial charge in [-0.15, -0.1) is 0 Å². The van der Waals surface area contributed by atoms with Crippen LogP contribution in [0.25, 0.3) is 0 Å². The van der Waals surface area contributed by atoms with Gasteiger partial charge in [0, 0.05) is 11.5 Å². The zero-order valence-corrected chi connectivity index (χ0v) is 11.1. The lowest BCUT2D eigenvalue weighted by Crippen LogP contribution is -2.53. The Morgan fingerprint density at radius 3 is 2.29 bits per heavy atom. The Labute approximate surface area is 105 Å². The van der Waals surface area contributed by atoms with Crippen LogP contribution < -0.4 is 10.6 Å². The van der Waals surface area contributed by atoms with Crippen LogP contribution in [0.1, 0.15) is 58.3 Å². The Bertz CT molecular complexity index is 251. The molecular weight excluding hydrogens is 212 g/mol. The zero-order valence-electron chi connectivity index (χ0n) is 11.1. The van der Waals surface area contributed by atoms with Gasteiger partial charge in [0.15, 0.2) is 0 Å². The monoisotopic (exact) mass is 238 g/mol. The van der Waals surface area contributed by atoms with Crippen molar-refractivity contribution in [1.29, 1.82) is 0 Å². The lowest BCUT2D eigenvalue weighted by molar-refractivity contribution is -0.127. The maximum absolute atomic E-state index is 12.3. The summed E-state index contributed by atoms with van der Waals surface area (Å²) in [4.78, 5) is 12.3. The highest BCUT2D eigenvalue weighted by Crippen LogP contribution is 2.25. The van der Waals surface area contributed by atoms with E-state index in [-0.39, 0.29) is 11.5 Å². The summed E-state index contributed by atoms with van der Waals surface area (Å²) >= 11 is 0. The van der Waals surface area contributed by atoms with E-state index in [1.165, 1.54) is 25.7 Å². The number of rotatable bonds is 2. The summed E-state index contributed by atoms with van der Waals surface area (Å²) in [6.07, 6.45) is 9.40. The molecular formula is C14H26N2O.